The van der Waals surface area contributed by atoms with E-state index in [0.29, 0.717) is 0 Å². The van der Waals surface area contributed by atoms with Crippen molar-refractivity contribution in [3.63, 3.8) is 0 Å². The maximum absolute atomic E-state index is 6.04. The van der Waals surface area contributed by atoms with E-state index in [9.17, 15) is 0 Å². The fourth-order valence-electron chi connectivity index (χ4n) is 2.82. The van der Waals surface area contributed by atoms with Crippen molar-refractivity contribution < 1.29 is 14.1 Å². The molecule has 0 aromatic carbocycles. The molecule has 1 aliphatic heterocycles. The summed E-state index contributed by atoms with van der Waals surface area (Å²) < 4.78 is 12.1. The Morgan fingerprint density at radius 2 is 1.48 bits per heavy atom. The van der Waals surface area contributed by atoms with Gasteiger partial charge in [-0.25, -0.2) is 0 Å². The molecule has 0 spiro atoms. The van der Waals surface area contributed by atoms with Gasteiger partial charge < -0.3 is 14.1 Å². The van der Waals surface area contributed by atoms with Gasteiger partial charge in [-0.2, -0.15) is 0 Å². The van der Waals surface area contributed by atoms with E-state index in [1.807, 2.05) is 0 Å². The van der Waals surface area contributed by atoms with Crippen molar-refractivity contribution in [2.45, 2.75) is 104 Å². The van der Waals surface area contributed by atoms with Crippen molar-refractivity contribution in [1.82, 2.24) is 0 Å². The van der Waals surface area contributed by atoms with E-state index in [-0.39, 0.29) is 18.3 Å². The highest BCUT2D eigenvalue weighted by atomic mass is 16.7. The van der Waals surface area contributed by atoms with Crippen LogP contribution >= 0.6 is 0 Å². The lowest BCUT2D eigenvalue weighted by Crippen LogP contribution is -2.41. The molecule has 0 unspecified atom stereocenters. The number of unbranched alkanes of at least 4 members (excludes halogenated alkanes) is 5. The lowest BCUT2D eigenvalue weighted by atomic mass is 9.81. The van der Waals surface area contributed by atoms with Gasteiger partial charge in [-0.3, -0.25) is 0 Å². The molecule has 4 nitrogen and oxygen atoms in total. The molecule has 0 aliphatic carbocycles. The molecule has 1 heterocycles. The third-order valence-corrected chi connectivity index (χ3v) is 5.01. The summed E-state index contributed by atoms with van der Waals surface area (Å²) in [6.45, 7) is 10.6. The summed E-state index contributed by atoms with van der Waals surface area (Å²) in [6, 6.07) is 0. The van der Waals surface area contributed by atoms with Crippen LogP contribution in [-0.2, 0) is 14.1 Å². The Bertz CT molecular complexity index is 353. The van der Waals surface area contributed by atoms with Crippen molar-refractivity contribution in [3.8, 4) is 0 Å². The first-order valence-electron chi connectivity index (χ1n) is 9.27. The summed E-state index contributed by atoms with van der Waals surface area (Å²) in [7, 11) is 1.47. The van der Waals surface area contributed by atoms with Gasteiger partial charge in [-0.1, -0.05) is 44.2 Å². The van der Waals surface area contributed by atoms with E-state index in [1.165, 1.54) is 38.5 Å². The summed E-state index contributed by atoms with van der Waals surface area (Å²) in [5.41, 5.74) is 0.614. The number of hydrogen-bond acceptors (Lipinski definition) is 4. The Morgan fingerprint density at radius 1 is 0.913 bits per heavy atom. The smallest absolute Gasteiger partial charge is 0.403 e. The third kappa shape index (κ3) is 6.84. The van der Waals surface area contributed by atoms with E-state index in [4.69, 9.17) is 14.1 Å². The Labute approximate surface area is 143 Å². The molecule has 0 atom stereocenters. The Kier molecular flexibility index (Phi) is 8.63. The molecule has 0 amide bonds. The summed E-state index contributed by atoms with van der Waals surface area (Å²) in [4.78, 5) is 5.00. The van der Waals surface area contributed by atoms with E-state index in [1.54, 1.807) is 7.11 Å². The molecule has 0 aromatic rings. The molecule has 0 aromatic heterocycles. The maximum Gasteiger partial charge on any atom is 0.458 e. The quantitative estimate of drug-likeness (QED) is 0.226. The predicted octanol–water partition coefficient (Wildman–Crippen LogP) is 5.22. The van der Waals surface area contributed by atoms with Crippen molar-refractivity contribution in [3.05, 3.63) is 0 Å². The predicted molar refractivity (Wildman–Crippen MR) is 97.9 cm³/mol. The van der Waals surface area contributed by atoms with Crippen LogP contribution in [0.1, 0.15) is 86.0 Å². The van der Waals surface area contributed by atoms with Gasteiger partial charge in [-0.05, 0) is 53.3 Å². The first-order valence-corrected chi connectivity index (χ1v) is 9.27. The standard InChI is InChI=1S/C18H36BNO3/c1-7-8-9-10-11-12-13-16(20-21-6)14-15-19-22-17(2,3)18(4,5)23-19/h7-15H2,1-6H3/b20-16+. The van der Waals surface area contributed by atoms with Crippen LogP contribution in [0, 0.1) is 0 Å². The third-order valence-electron chi connectivity index (χ3n) is 5.01. The minimum Gasteiger partial charge on any atom is -0.403 e. The van der Waals surface area contributed by atoms with Crippen LogP contribution < -0.4 is 0 Å². The monoisotopic (exact) mass is 325 g/mol. The van der Waals surface area contributed by atoms with Gasteiger partial charge in [0, 0.05) is 0 Å². The topological polar surface area (TPSA) is 40.0 Å². The zero-order valence-corrected chi connectivity index (χ0v) is 16.1. The molecule has 1 fully saturated rings. The van der Waals surface area contributed by atoms with Gasteiger partial charge in [0.25, 0.3) is 0 Å². The van der Waals surface area contributed by atoms with Crippen LogP contribution in [0.5, 0.6) is 0 Å². The molecule has 0 radical (unpaired) electrons. The van der Waals surface area contributed by atoms with Gasteiger partial charge in [-0.15, -0.1) is 0 Å². The molecule has 23 heavy (non-hydrogen) atoms. The molecule has 0 N–H and O–H groups in total. The highest BCUT2D eigenvalue weighted by Gasteiger charge is 2.50. The summed E-state index contributed by atoms with van der Waals surface area (Å²) in [5.74, 6) is 0. The van der Waals surface area contributed by atoms with Crippen LogP contribution in [0.2, 0.25) is 6.32 Å². The minimum atomic E-state index is -0.254. The molecule has 1 saturated heterocycles. The largest absolute Gasteiger partial charge is 0.458 e. The lowest BCUT2D eigenvalue weighted by Gasteiger charge is -2.32. The fraction of sp³-hybridized carbons (Fsp3) is 0.944. The highest BCUT2D eigenvalue weighted by Crippen LogP contribution is 2.38. The second kappa shape index (κ2) is 9.68. The average molecular weight is 325 g/mol. The van der Waals surface area contributed by atoms with Crippen molar-refractivity contribution in [2.24, 2.45) is 5.16 Å². The first kappa shape index (κ1) is 20.5. The zero-order valence-electron chi connectivity index (χ0n) is 16.1. The summed E-state index contributed by atoms with van der Waals surface area (Å²) in [6.07, 6.45) is 10.5. The number of rotatable bonds is 11. The molecule has 1 rings (SSSR count). The SMILES string of the molecule is CCCCCCCC/C(CCB1OC(C)(C)C(C)(C)O1)=N\OC. The van der Waals surface area contributed by atoms with Crippen molar-refractivity contribution >= 4 is 12.8 Å². The van der Waals surface area contributed by atoms with Crippen LogP contribution in [0.3, 0.4) is 0 Å². The van der Waals surface area contributed by atoms with Gasteiger partial charge in [0.05, 0.1) is 16.9 Å². The Hall–Kier alpha value is -0.545. The average Bonchev–Trinajstić information content (AvgIpc) is 2.67. The van der Waals surface area contributed by atoms with Crippen molar-refractivity contribution in [2.75, 3.05) is 7.11 Å². The van der Waals surface area contributed by atoms with E-state index in [0.717, 1.165) is 24.9 Å². The minimum absolute atomic E-state index is 0.147. The van der Waals surface area contributed by atoms with Crippen LogP contribution in [0.25, 0.3) is 0 Å². The van der Waals surface area contributed by atoms with Crippen LogP contribution in [0.4, 0.5) is 0 Å². The van der Waals surface area contributed by atoms with E-state index >= 15 is 0 Å². The molecule has 0 bridgehead atoms. The van der Waals surface area contributed by atoms with E-state index < -0.39 is 0 Å². The maximum atomic E-state index is 6.04. The second-order valence-electron chi connectivity index (χ2n) is 7.58. The number of hydrogen-bond donors (Lipinski definition) is 0. The fourth-order valence-corrected chi connectivity index (χ4v) is 2.82. The second-order valence-corrected chi connectivity index (χ2v) is 7.58. The number of nitrogens with zero attached hydrogens (tertiary/aromatic N) is 1. The van der Waals surface area contributed by atoms with Crippen LogP contribution in [-0.4, -0.2) is 31.1 Å². The summed E-state index contributed by atoms with van der Waals surface area (Å²) in [5, 5.41) is 4.20. The lowest BCUT2D eigenvalue weighted by molar-refractivity contribution is 0.00578. The zero-order chi connectivity index (χ0) is 17.3. The Morgan fingerprint density at radius 3 is 2.04 bits per heavy atom. The van der Waals surface area contributed by atoms with Crippen molar-refractivity contribution in [1.29, 1.82) is 0 Å². The first-order chi connectivity index (χ1) is 10.8. The van der Waals surface area contributed by atoms with Gasteiger partial charge >= 0.3 is 7.12 Å². The molecule has 134 valence electrons. The highest BCUT2D eigenvalue weighted by molar-refractivity contribution is 6.45. The summed E-state index contributed by atoms with van der Waals surface area (Å²) >= 11 is 0. The Balaban J connectivity index is 2.30. The molecule has 1 aliphatic rings. The van der Waals surface area contributed by atoms with E-state index in [2.05, 4.69) is 39.8 Å². The van der Waals surface area contributed by atoms with Gasteiger partial charge in [0.1, 0.15) is 7.11 Å². The molecule has 0 saturated carbocycles. The van der Waals surface area contributed by atoms with Gasteiger partial charge in [0.2, 0.25) is 0 Å². The number of oxime groups is 1. The van der Waals surface area contributed by atoms with Crippen LogP contribution in [0.15, 0.2) is 5.16 Å². The normalized spacial score (nSPS) is 20.1. The molecular weight excluding hydrogens is 289 g/mol. The molecule has 5 heteroatoms. The molecular formula is C18H36BNO3. The van der Waals surface area contributed by atoms with Gasteiger partial charge in [0.15, 0.2) is 0 Å².